The third-order valence-electron chi connectivity index (χ3n) is 6.69. The fourth-order valence-electron chi connectivity index (χ4n) is 4.01. The second-order valence-corrected chi connectivity index (χ2v) is 12.9. The van der Waals surface area contributed by atoms with E-state index >= 15 is 0 Å². The van der Waals surface area contributed by atoms with Gasteiger partial charge in [0.15, 0.2) is 0 Å². The topological polar surface area (TPSA) is 201 Å². The normalized spacial score (nSPS) is 20.3. The largest absolute Gasteiger partial charge is 0.389 e. The molecule has 6 unspecified atom stereocenters. The van der Waals surface area contributed by atoms with E-state index in [2.05, 4.69) is 10.6 Å². The van der Waals surface area contributed by atoms with Crippen molar-refractivity contribution in [2.24, 2.45) is 0 Å². The van der Waals surface area contributed by atoms with E-state index in [1.165, 1.54) is 24.3 Å². The number of sulfone groups is 1. The van der Waals surface area contributed by atoms with Gasteiger partial charge in [-0.25, -0.2) is 8.42 Å². The van der Waals surface area contributed by atoms with Gasteiger partial charge in [-0.15, -0.1) is 0 Å². The SMILES string of the molecule is O=S(=O)(c1ccc(NCC(O)COCC(O)COCC2CO2)cc1)c1ccc(NCC(O)COCC(O)COCC2CO2)cc1. The zero-order chi connectivity index (χ0) is 32.1. The van der Waals surface area contributed by atoms with Crippen LogP contribution in [0.5, 0.6) is 0 Å². The van der Waals surface area contributed by atoms with Gasteiger partial charge in [0.05, 0.1) is 88.1 Å². The Bertz CT molecular complexity index is 1140. The van der Waals surface area contributed by atoms with E-state index in [0.29, 0.717) is 37.8 Å². The highest BCUT2D eigenvalue weighted by Gasteiger charge is 2.24. The first-order chi connectivity index (χ1) is 21.7. The standard InChI is InChI=1S/C30H44N2O12S/c33-23(11-39-13-25(35)15-41-17-27-19-43-27)9-31-21-1-5-29(6-2-21)45(37,38)30-7-3-22(4-8-30)32-10-24(34)12-40-14-26(36)16-42-18-28-20-44-28/h1-8,23-28,31-36H,9-20H2. The molecule has 45 heavy (non-hydrogen) atoms. The van der Waals surface area contributed by atoms with Crippen molar-refractivity contribution in [3.63, 3.8) is 0 Å². The summed E-state index contributed by atoms with van der Waals surface area (Å²) < 4.78 is 57.5. The summed E-state index contributed by atoms with van der Waals surface area (Å²) in [6, 6.07) is 12.4. The Labute approximate surface area is 263 Å². The van der Waals surface area contributed by atoms with Crippen LogP contribution in [-0.4, -0.2) is 145 Å². The molecule has 6 atom stereocenters. The maximum absolute atomic E-state index is 13.1. The van der Waals surface area contributed by atoms with Gasteiger partial charge in [0.25, 0.3) is 0 Å². The van der Waals surface area contributed by atoms with Crippen LogP contribution in [-0.2, 0) is 38.3 Å². The van der Waals surface area contributed by atoms with Crippen LogP contribution in [0.4, 0.5) is 11.4 Å². The number of nitrogens with one attached hydrogen (secondary N) is 2. The molecule has 2 aliphatic heterocycles. The molecule has 0 amide bonds. The van der Waals surface area contributed by atoms with Crippen LogP contribution in [0.25, 0.3) is 0 Å². The van der Waals surface area contributed by atoms with Gasteiger partial charge in [-0.1, -0.05) is 0 Å². The van der Waals surface area contributed by atoms with Gasteiger partial charge in [0.1, 0.15) is 24.4 Å². The second-order valence-electron chi connectivity index (χ2n) is 11.0. The molecule has 2 heterocycles. The molecule has 2 fully saturated rings. The van der Waals surface area contributed by atoms with Gasteiger partial charge >= 0.3 is 0 Å². The fraction of sp³-hybridized carbons (Fsp3) is 0.600. The van der Waals surface area contributed by atoms with E-state index in [0.717, 1.165) is 0 Å². The number of anilines is 2. The van der Waals surface area contributed by atoms with Crippen molar-refractivity contribution in [1.82, 2.24) is 0 Å². The second kappa shape index (κ2) is 18.1. The first kappa shape index (κ1) is 35.4. The van der Waals surface area contributed by atoms with Gasteiger partial charge in [-0.2, -0.15) is 0 Å². The summed E-state index contributed by atoms with van der Waals surface area (Å²) in [5.74, 6) is 0. The molecule has 6 N–H and O–H groups in total. The third kappa shape index (κ3) is 13.5. The lowest BCUT2D eigenvalue weighted by atomic mass is 10.3. The maximum atomic E-state index is 13.1. The molecule has 252 valence electrons. The summed E-state index contributed by atoms with van der Waals surface area (Å²) in [5.41, 5.74) is 1.25. The molecule has 4 rings (SSSR count). The Balaban J connectivity index is 1.11. The van der Waals surface area contributed by atoms with Crippen LogP contribution in [0.3, 0.4) is 0 Å². The number of aliphatic hydroxyl groups excluding tert-OH is 4. The minimum Gasteiger partial charge on any atom is -0.389 e. The van der Waals surface area contributed by atoms with Gasteiger partial charge in [-0.05, 0) is 48.5 Å². The van der Waals surface area contributed by atoms with Crippen molar-refractivity contribution >= 4 is 21.2 Å². The van der Waals surface area contributed by atoms with Gasteiger partial charge < -0.3 is 59.5 Å². The fourth-order valence-corrected chi connectivity index (χ4v) is 5.27. The van der Waals surface area contributed by atoms with Crippen molar-refractivity contribution < 1.29 is 57.3 Å². The van der Waals surface area contributed by atoms with E-state index in [1.807, 2.05) is 0 Å². The van der Waals surface area contributed by atoms with E-state index in [4.69, 9.17) is 28.4 Å². The van der Waals surface area contributed by atoms with Crippen LogP contribution in [0.2, 0.25) is 0 Å². The molecule has 2 aromatic carbocycles. The molecule has 0 aromatic heterocycles. The quantitative estimate of drug-likeness (QED) is 0.0801. The highest BCUT2D eigenvalue weighted by atomic mass is 32.2. The van der Waals surface area contributed by atoms with Crippen molar-refractivity contribution in [3.05, 3.63) is 48.5 Å². The Morgan fingerprint density at radius 1 is 0.600 bits per heavy atom. The zero-order valence-electron chi connectivity index (χ0n) is 25.0. The lowest BCUT2D eigenvalue weighted by molar-refractivity contribution is -0.0388. The minimum absolute atomic E-state index is 0.0108. The summed E-state index contributed by atoms with van der Waals surface area (Å²) in [7, 11) is -3.77. The summed E-state index contributed by atoms with van der Waals surface area (Å²) >= 11 is 0. The number of hydrogen-bond donors (Lipinski definition) is 6. The van der Waals surface area contributed by atoms with E-state index < -0.39 is 34.3 Å². The lowest BCUT2D eigenvalue weighted by Gasteiger charge is -2.16. The highest BCUT2D eigenvalue weighted by Crippen LogP contribution is 2.24. The number of hydrogen-bond acceptors (Lipinski definition) is 14. The van der Waals surface area contributed by atoms with E-state index in [1.54, 1.807) is 24.3 Å². The first-order valence-corrected chi connectivity index (χ1v) is 16.4. The maximum Gasteiger partial charge on any atom is 0.206 e. The summed E-state index contributed by atoms with van der Waals surface area (Å²) in [6.45, 7) is 2.94. The van der Waals surface area contributed by atoms with Crippen molar-refractivity contribution in [2.45, 2.75) is 46.4 Å². The third-order valence-corrected chi connectivity index (χ3v) is 8.47. The summed E-state index contributed by atoms with van der Waals surface area (Å²) in [4.78, 5) is 0.228. The first-order valence-electron chi connectivity index (χ1n) is 14.9. The predicted molar refractivity (Wildman–Crippen MR) is 162 cm³/mol. The highest BCUT2D eigenvalue weighted by molar-refractivity contribution is 7.91. The Morgan fingerprint density at radius 2 is 0.933 bits per heavy atom. The van der Waals surface area contributed by atoms with Crippen molar-refractivity contribution in [1.29, 1.82) is 0 Å². The summed E-state index contributed by atoms with van der Waals surface area (Å²) in [5, 5.41) is 46.0. The van der Waals surface area contributed by atoms with Gasteiger partial charge in [0, 0.05) is 24.5 Å². The van der Waals surface area contributed by atoms with Crippen LogP contribution >= 0.6 is 0 Å². The molecule has 2 aliphatic rings. The summed E-state index contributed by atoms with van der Waals surface area (Å²) in [6.07, 6.45) is -3.02. The van der Waals surface area contributed by atoms with Crippen LogP contribution in [0, 0.1) is 0 Å². The van der Waals surface area contributed by atoms with Gasteiger partial charge in [0.2, 0.25) is 9.84 Å². The van der Waals surface area contributed by atoms with Crippen molar-refractivity contribution in [2.75, 3.05) is 89.8 Å². The molecular formula is C30H44N2O12S. The van der Waals surface area contributed by atoms with Gasteiger partial charge in [-0.3, -0.25) is 0 Å². The predicted octanol–water partition coefficient (Wildman–Crippen LogP) is -0.349. The molecular weight excluding hydrogens is 612 g/mol. The molecule has 0 aliphatic carbocycles. The van der Waals surface area contributed by atoms with Crippen molar-refractivity contribution in [3.8, 4) is 0 Å². The molecule has 14 nitrogen and oxygen atoms in total. The Kier molecular flexibility index (Phi) is 14.2. The average Bonchev–Trinajstić information content (AvgIpc) is 3.96. The number of benzene rings is 2. The number of epoxide rings is 2. The number of rotatable bonds is 24. The van der Waals surface area contributed by atoms with Crippen LogP contribution in [0.15, 0.2) is 58.3 Å². The molecule has 0 spiro atoms. The minimum atomic E-state index is -3.77. The monoisotopic (exact) mass is 656 g/mol. The Morgan fingerprint density at radius 3 is 1.29 bits per heavy atom. The number of ether oxygens (including phenoxy) is 6. The van der Waals surface area contributed by atoms with Crippen LogP contribution in [0.1, 0.15) is 0 Å². The number of aliphatic hydroxyl groups is 4. The van der Waals surface area contributed by atoms with E-state index in [-0.39, 0.29) is 74.7 Å². The average molecular weight is 657 g/mol. The molecule has 0 bridgehead atoms. The molecule has 2 aromatic rings. The van der Waals surface area contributed by atoms with Crippen LogP contribution < -0.4 is 10.6 Å². The molecule has 0 saturated carbocycles. The molecule has 15 heteroatoms. The lowest BCUT2D eigenvalue weighted by Crippen LogP contribution is -2.29. The zero-order valence-corrected chi connectivity index (χ0v) is 25.8. The molecule has 2 saturated heterocycles. The van der Waals surface area contributed by atoms with E-state index in [9.17, 15) is 28.8 Å². The molecule has 0 radical (unpaired) electrons. The smallest absolute Gasteiger partial charge is 0.206 e. The Hall–Kier alpha value is -2.41.